The number of nitrogens with zero attached hydrogens (tertiary/aromatic N) is 3. The first-order valence-corrected chi connectivity index (χ1v) is 11.6. The zero-order chi connectivity index (χ0) is 24.8. The highest BCUT2D eigenvalue weighted by Crippen LogP contribution is 2.28. The number of ether oxygens (including phenoxy) is 2. The number of esters is 1. The average Bonchev–Trinajstić information content (AvgIpc) is 2.87. The third-order valence-electron chi connectivity index (χ3n) is 5.43. The number of carbonyl (C=O) groups is 2. The minimum Gasteiger partial charge on any atom is -0.462 e. The molecular formula is C25H26ClN5O4. The summed E-state index contributed by atoms with van der Waals surface area (Å²) >= 11 is 6.41. The second kappa shape index (κ2) is 11.2. The van der Waals surface area contributed by atoms with Crippen molar-refractivity contribution in [2.24, 2.45) is 0 Å². The molecule has 2 amide bonds. The van der Waals surface area contributed by atoms with E-state index < -0.39 is 12.0 Å². The highest BCUT2D eigenvalue weighted by molar-refractivity contribution is 6.30. The summed E-state index contributed by atoms with van der Waals surface area (Å²) in [5.41, 5.74) is 3.18. The van der Waals surface area contributed by atoms with Gasteiger partial charge in [-0.05, 0) is 62.4 Å². The van der Waals surface area contributed by atoms with Gasteiger partial charge in [-0.15, -0.1) is 0 Å². The van der Waals surface area contributed by atoms with Gasteiger partial charge in [-0.1, -0.05) is 11.6 Å². The van der Waals surface area contributed by atoms with Crippen LogP contribution in [0, 0.1) is 6.92 Å². The summed E-state index contributed by atoms with van der Waals surface area (Å²) in [5, 5.41) is 5.92. The minimum absolute atomic E-state index is 0.304. The predicted molar refractivity (Wildman–Crippen MR) is 135 cm³/mol. The number of hydrogen-bond donors (Lipinski definition) is 2. The Hall–Kier alpha value is -3.69. The van der Waals surface area contributed by atoms with Crippen LogP contribution in [0.4, 0.5) is 22.0 Å². The zero-order valence-corrected chi connectivity index (χ0v) is 20.3. The summed E-state index contributed by atoms with van der Waals surface area (Å²) in [6.45, 7) is 6.75. The van der Waals surface area contributed by atoms with E-state index in [0.717, 1.165) is 30.0 Å². The third kappa shape index (κ3) is 6.06. The molecule has 1 aliphatic rings. The van der Waals surface area contributed by atoms with Crippen molar-refractivity contribution in [3.05, 3.63) is 64.8 Å². The molecule has 0 bridgehead atoms. The van der Waals surface area contributed by atoms with E-state index in [1.54, 1.807) is 43.3 Å². The highest BCUT2D eigenvalue weighted by atomic mass is 35.5. The predicted octanol–water partition coefficient (Wildman–Crippen LogP) is 4.76. The van der Waals surface area contributed by atoms with E-state index in [4.69, 9.17) is 26.1 Å². The van der Waals surface area contributed by atoms with Crippen LogP contribution in [0.3, 0.4) is 0 Å². The van der Waals surface area contributed by atoms with E-state index in [-0.39, 0.29) is 0 Å². The molecule has 0 saturated carbocycles. The first-order valence-electron chi connectivity index (χ1n) is 11.3. The van der Waals surface area contributed by atoms with Crippen LogP contribution in [0.5, 0.6) is 0 Å². The number of hydrogen-bond acceptors (Lipinski definition) is 7. The van der Waals surface area contributed by atoms with Gasteiger partial charge in [0, 0.05) is 35.6 Å². The molecule has 2 N–H and O–H groups in total. The molecule has 1 fully saturated rings. The van der Waals surface area contributed by atoms with Crippen molar-refractivity contribution in [1.29, 1.82) is 0 Å². The Kier molecular flexibility index (Phi) is 7.79. The van der Waals surface area contributed by atoms with Crippen LogP contribution in [0.25, 0.3) is 11.4 Å². The lowest BCUT2D eigenvalue weighted by atomic mass is 10.2. The molecule has 182 valence electrons. The number of benzene rings is 2. The minimum atomic E-state index is -0.411. The number of aromatic nitrogens is 2. The molecular weight excluding hydrogens is 470 g/mol. The van der Waals surface area contributed by atoms with Crippen LogP contribution in [-0.4, -0.2) is 54.9 Å². The molecule has 1 aromatic heterocycles. The normalized spacial score (nSPS) is 13.3. The van der Waals surface area contributed by atoms with E-state index in [9.17, 15) is 9.59 Å². The Bertz CT molecular complexity index is 1200. The van der Waals surface area contributed by atoms with Gasteiger partial charge in [0.25, 0.3) is 0 Å². The maximum absolute atomic E-state index is 12.4. The smallest absolute Gasteiger partial charge is 0.338 e. The third-order valence-corrected chi connectivity index (χ3v) is 5.79. The number of anilines is 3. The molecule has 3 aromatic rings. The first-order chi connectivity index (χ1) is 16.9. The van der Waals surface area contributed by atoms with Gasteiger partial charge in [0.15, 0.2) is 5.82 Å². The summed E-state index contributed by atoms with van der Waals surface area (Å²) in [4.78, 5) is 35.5. The fraction of sp³-hybridized carbons (Fsp3) is 0.280. The van der Waals surface area contributed by atoms with Gasteiger partial charge < -0.3 is 25.0 Å². The number of urea groups is 1. The topological polar surface area (TPSA) is 106 Å². The summed E-state index contributed by atoms with van der Waals surface area (Å²) in [5.74, 6) is 0.915. The summed E-state index contributed by atoms with van der Waals surface area (Å²) in [6.07, 6.45) is 0. The van der Waals surface area contributed by atoms with Crippen molar-refractivity contribution in [3.63, 3.8) is 0 Å². The van der Waals surface area contributed by atoms with Crippen molar-refractivity contribution in [2.75, 3.05) is 48.4 Å². The Balaban J connectivity index is 1.41. The molecule has 1 aliphatic heterocycles. The molecule has 0 atom stereocenters. The van der Waals surface area contributed by atoms with Crippen LogP contribution in [0.15, 0.2) is 48.5 Å². The number of halogens is 1. The second-order valence-electron chi connectivity index (χ2n) is 7.84. The van der Waals surface area contributed by atoms with Gasteiger partial charge in [0.1, 0.15) is 11.0 Å². The van der Waals surface area contributed by atoms with Crippen molar-refractivity contribution >= 4 is 40.8 Å². The van der Waals surface area contributed by atoms with Gasteiger partial charge in [-0.2, -0.15) is 0 Å². The van der Waals surface area contributed by atoms with Crippen LogP contribution in [-0.2, 0) is 9.47 Å². The monoisotopic (exact) mass is 495 g/mol. The van der Waals surface area contributed by atoms with Crippen LogP contribution in [0.1, 0.15) is 22.8 Å². The molecule has 0 spiro atoms. The Morgan fingerprint density at radius 1 is 1.00 bits per heavy atom. The van der Waals surface area contributed by atoms with Gasteiger partial charge >= 0.3 is 12.0 Å². The van der Waals surface area contributed by atoms with E-state index in [1.807, 2.05) is 19.1 Å². The van der Waals surface area contributed by atoms with Crippen molar-refractivity contribution in [2.45, 2.75) is 13.8 Å². The summed E-state index contributed by atoms with van der Waals surface area (Å²) in [6, 6.07) is 13.3. The lowest BCUT2D eigenvalue weighted by Crippen LogP contribution is -2.37. The highest BCUT2D eigenvalue weighted by Gasteiger charge is 2.19. The van der Waals surface area contributed by atoms with E-state index >= 15 is 0 Å². The Morgan fingerprint density at radius 2 is 1.60 bits per heavy atom. The molecule has 0 aliphatic carbocycles. The SMILES string of the molecule is CCOC(=O)c1ccc(NC(=O)Nc2ccc(-c3nc(Cl)c(C)c(N4CCOCC4)n3)cc2)cc1. The number of morpholine rings is 1. The Labute approximate surface area is 208 Å². The van der Waals surface area contributed by atoms with E-state index in [2.05, 4.69) is 20.5 Å². The average molecular weight is 496 g/mol. The molecule has 2 heterocycles. The standard InChI is InChI=1S/C25H26ClN5O4/c1-3-35-24(32)18-6-10-20(11-7-18)28-25(33)27-19-8-4-17(5-9-19)22-29-21(26)16(2)23(30-22)31-12-14-34-15-13-31/h4-11H,3,12-15H2,1-2H3,(H2,27,28,33). The maximum atomic E-state index is 12.4. The van der Waals surface area contributed by atoms with Crippen molar-refractivity contribution in [3.8, 4) is 11.4 Å². The number of amides is 2. The van der Waals surface area contributed by atoms with Crippen molar-refractivity contribution in [1.82, 2.24) is 9.97 Å². The number of carbonyl (C=O) groups excluding carboxylic acids is 2. The molecule has 2 aromatic carbocycles. The van der Waals surface area contributed by atoms with Crippen LogP contribution >= 0.6 is 11.6 Å². The summed E-state index contributed by atoms with van der Waals surface area (Å²) in [7, 11) is 0. The van der Waals surface area contributed by atoms with Gasteiger partial charge in [0.05, 0.1) is 25.4 Å². The first kappa shape index (κ1) is 24.4. The van der Waals surface area contributed by atoms with Gasteiger partial charge in [0.2, 0.25) is 0 Å². The fourth-order valence-electron chi connectivity index (χ4n) is 3.59. The molecule has 9 nitrogen and oxygen atoms in total. The van der Waals surface area contributed by atoms with E-state index in [1.165, 1.54) is 0 Å². The quantitative estimate of drug-likeness (QED) is 0.375. The molecule has 4 rings (SSSR count). The fourth-order valence-corrected chi connectivity index (χ4v) is 3.76. The molecule has 1 saturated heterocycles. The lowest BCUT2D eigenvalue weighted by Gasteiger charge is -2.29. The zero-order valence-electron chi connectivity index (χ0n) is 19.5. The lowest BCUT2D eigenvalue weighted by molar-refractivity contribution is 0.0526. The molecule has 0 unspecified atom stereocenters. The molecule has 35 heavy (non-hydrogen) atoms. The largest absolute Gasteiger partial charge is 0.462 e. The second-order valence-corrected chi connectivity index (χ2v) is 8.20. The van der Waals surface area contributed by atoms with Crippen LogP contribution in [0.2, 0.25) is 5.15 Å². The number of nitrogens with one attached hydrogen (secondary N) is 2. The molecule has 0 radical (unpaired) electrons. The summed E-state index contributed by atoms with van der Waals surface area (Å²) < 4.78 is 10.4. The van der Waals surface area contributed by atoms with Gasteiger partial charge in [-0.25, -0.2) is 19.6 Å². The van der Waals surface area contributed by atoms with E-state index in [0.29, 0.717) is 47.7 Å². The number of rotatable bonds is 6. The maximum Gasteiger partial charge on any atom is 0.338 e. The Morgan fingerprint density at radius 3 is 2.20 bits per heavy atom. The van der Waals surface area contributed by atoms with Gasteiger partial charge in [-0.3, -0.25) is 0 Å². The van der Waals surface area contributed by atoms with Crippen molar-refractivity contribution < 1.29 is 19.1 Å². The molecule has 10 heteroatoms. The van der Waals surface area contributed by atoms with Crippen LogP contribution < -0.4 is 15.5 Å².